The van der Waals surface area contributed by atoms with E-state index in [1.807, 2.05) is 0 Å². The Morgan fingerprint density at radius 2 is 1.80 bits per heavy atom. The van der Waals surface area contributed by atoms with Gasteiger partial charge in [0, 0.05) is 25.0 Å². The number of guanidine groups is 1. The molecule has 3 N–H and O–H groups in total. The highest BCUT2D eigenvalue weighted by Gasteiger charge is 2.27. The van der Waals surface area contributed by atoms with Crippen molar-refractivity contribution >= 4 is 40.0 Å². The molecule has 1 aromatic heterocycles. The normalized spacial score (nSPS) is 14.9. The third-order valence-electron chi connectivity index (χ3n) is 4.52. The number of aliphatic imine (C=N–C) groups is 1. The van der Waals surface area contributed by atoms with E-state index in [1.54, 1.807) is 37.5 Å². The number of hydrogen-bond acceptors (Lipinski definition) is 5. The van der Waals surface area contributed by atoms with Crippen LogP contribution in [0.5, 0.6) is 0 Å². The number of benzene rings is 1. The molecule has 1 saturated carbocycles. The number of hydrogen-bond donors (Lipinski definition) is 3. The second-order valence-corrected chi connectivity index (χ2v) is 9.90. The molecule has 166 valence electrons. The Morgan fingerprint density at radius 3 is 2.33 bits per heavy atom. The van der Waals surface area contributed by atoms with Crippen molar-refractivity contribution in [2.45, 2.75) is 63.1 Å². The molecule has 1 aromatic carbocycles. The average Bonchev–Trinajstić information content (AvgIpc) is 3.32. The largest absolute Gasteiger partial charge is 0.443 e. The first-order valence-corrected chi connectivity index (χ1v) is 11.2. The molecule has 3 rings (SSSR count). The maximum atomic E-state index is 12.2. The molecular weight excluding hydrogens is 517 g/mol. The summed E-state index contributed by atoms with van der Waals surface area (Å²) >= 11 is 0. The first kappa shape index (κ1) is 24.6. The Balaban J connectivity index is 0.00000320. The number of oxazole rings is 1. The molecule has 8 nitrogen and oxygen atoms in total. The van der Waals surface area contributed by atoms with Crippen molar-refractivity contribution in [1.29, 1.82) is 0 Å². The topological polar surface area (TPSA) is 109 Å². The van der Waals surface area contributed by atoms with Crippen molar-refractivity contribution in [1.82, 2.24) is 20.3 Å². The van der Waals surface area contributed by atoms with Gasteiger partial charge in [0.1, 0.15) is 5.76 Å². The fraction of sp³-hybridized carbons (Fsp3) is 0.500. The van der Waals surface area contributed by atoms with Crippen LogP contribution in [0.4, 0.5) is 0 Å². The number of rotatable bonds is 7. The van der Waals surface area contributed by atoms with Crippen LogP contribution in [0.1, 0.15) is 50.8 Å². The lowest BCUT2D eigenvalue weighted by atomic mass is 9.94. The zero-order valence-electron chi connectivity index (χ0n) is 17.7. The smallest absolute Gasteiger partial charge is 0.240 e. The predicted molar refractivity (Wildman–Crippen MR) is 127 cm³/mol. The molecule has 1 fully saturated rings. The minimum absolute atomic E-state index is 0. The van der Waals surface area contributed by atoms with Gasteiger partial charge in [-0.25, -0.2) is 18.1 Å². The number of sulfonamides is 1. The summed E-state index contributed by atoms with van der Waals surface area (Å²) in [6.07, 6.45) is 3.58. The Morgan fingerprint density at radius 1 is 1.17 bits per heavy atom. The van der Waals surface area contributed by atoms with Crippen LogP contribution in [-0.2, 0) is 28.5 Å². The molecule has 30 heavy (non-hydrogen) atoms. The molecule has 0 aliphatic heterocycles. The van der Waals surface area contributed by atoms with E-state index in [4.69, 9.17) is 4.42 Å². The number of aromatic nitrogens is 1. The Bertz CT molecular complexity index is 961. The van der Waals surface area contributed by atoms with E-state index in [2.05, 4.69) is 46.1 Å². The van der Waals surface area contributed by atoms with Gasteiger partial charge in [0.05, 0.1) is 17.6 Å². The minimum Gasteiger partial charge on any atom is -0.443 e. The lowest BCUT2D eigenvalue weighted by Gasteiger charge is -2.13. The second-order valence-electron chi connectivity index (χ2n) is 8.19. The summed E-state index contributed by atoms with van der Waals surface area (Å²) in [5.41, 5.74) is 0.864. The van der Waals surface area contributed by atoms with E-state index in [9.17, 15) is 8.42 Å². The van der Waals surface area contributed by atoms with Gasteiger partial charge in [0.15, 0.2) is 5.96 Å². The van der Waals surface area contributed by atoms with Crippen molar-refractivity contribution in [3.8, 4) is 0 Å². The fourth-order valence-corrected chi connectivity index (χ4v) is 3.88. The maximum absolute atomic E-state index is 12.2. The van der Waals surface area contributed by atoms with Gasteiger partial charge in [0.25, 0.3) is 0 Å². The Labute approximate surface area is 195 Å². The van der Waals surface area contributed by atoms with Crippen LogP contribution in [0, 0.1) is 0 Å². The molecule has 0 atom stereocenters. The first-order valence-electron chi connectivity index (χ1n) is 9.68. The summed E-state index contributed by atoms with van der Waals surface area (Å²) in [6, 6.07) is 6.94. The number of halogens is 1. The SMILES string of the molecule is CN=C(NCc1ccc(S(=O)(=O)NC2CC2)cc1)NCc1ncc(C(C)(C)C)o1.I. The summed E-state index contributed by atoms with van der Waals surface area (Å²) in [6.45, 7) is 7.14. The summed E-state index contributed by atoms with van der Waals surface area (Å²) < 4.78 is 32.9. The van der Waals surface area contributed by atoms with E-state index in [0.717, 1.165) is 24.2 Å². The van der Waals surface area contributed by atoms with E-state index >= 15 is 0 Å². The molecule has 0 amide bonds. The van der Waals surface area contributed by atoms with Crippen LogP contribution >= 0.6 is 24.0 Å². The van der Waals surface area contributed by atoms with Crippen LogP contribution in [-0.4, -0.2) is 32.5 Å². The fourth-order valence-electron chi connectivity index (χ4n) is 2.58. The summed E-state index contributed by atoms with van der Waals surface area (Å²) in [4.78, 5) is 8.77. The standard InChI is InChI=1S/C20H29N5O3S.HI/c1-20(2,3)17-12-22-18(28-17)13-24-19(21-4)23-11-14-5-9-16(10-6-14)29(26,27)25-15-7-8-15;/h5-6,9-10,12,15,25H,7-8,11,13H2,1-4H3,(H2,21,23,24);1H. The lowest BCUT2D eigenvalue weighted by molar-refractivity contribution is 0.379. The molecule has 1 aliphatic rings. The molecule has 0 radical (unpaired) electrons. The van der Waals surface area contributed by atoms with Gasteiger partial charge in [-0.05, 0) is 30.5 Å². The molecule has 0 bridgehead atoms. The summed E-state index contributed by atoms with van der Waals surface area (Å²) in [7, 11) is -1.74. The molecule has 0 spiro atoms. The van der Waals surface area contributed by atoms with Gasteiger partial charge in [-0.3, -0.25) is 4.99 Å². The van der Waals surface area contributed by atoms with Crippen LogP contribution in [0.15, 0.2) is 44.8 Å². The highest BCUT2D eigenvalue weighted by molar-refractivity contribution is 14.0. The number of nitrogens with one attached hydrogen (secondary N) is 3. The van der Waals surface area contributed by atoms with Gasteiger partial charge in [-0.15, -0.1) is 24.0 Å². The van der Waals surface area contributed by atoms with Gasteiger partial charge >= 0.3 is 0 Å². The zero-order valence-corrected chi connectivity index (χ0v) is 20.9. The molecular formula is C20H30IN5O3S. The van der Waals surface area contributed by atoms with Crippen LogP contribution in [0.3, 0.4) is 0 Å². The Hall–Kier alpha value is -1.66. The van der Waals surface area contributed by atoms with Gasteiger partial charge in [-0.2, -0.15) is 0 Å². The molecule has 2 aromatic rings. The third kappa shape index (κ3) is 6.95. The van der Waals surface area contributed by atoms with Gasteiger partial charge < -0.3 is 15.1 Å². The monoisotopic (exact) mass is 547 g/mol. The van der Waals surface area contributed by atoms with Crippen LogP contribution in [0.25, 0.3) is 0 Å². The van der Waals surface area contributed by atoms with Crippen molar-refractivity contribution in [2.24, 2.45) is 4.99 Å². The molecule has 1 aliphatic carbocycles. The predicted octanol–water partition coefficient (Wildman–Crippen LogP) is 2.90. The summed E-state index contributed by atoms with van der Waals surface area (Å²) in [5.74, 6) is 2.03. The van der Waals surface area contributed by atoms with Crippen molar-refractivity contribution < 1.29 is 12.8 Å². The average molecular weight is 547 g/mol. The van der Waals surface area contributed by atoms with E-state index in [1.165, 1.54) is 0 Å². The van der Waals surface area contributed by atoms with Gasteiger partial charge in [0.2, 0.25) is 15.9 Å². The lowest BCUT2D eigenvalue weighted by Crippen LogP contribution is -2.36. The molecule has 0 unspecified atom stereocenters. The van der Waals surface area contributed by atoms with Crippen molar-refractivity contribution in [3.05, 3.63) is 47.7 Å². The number of nitrogens with zero attached hydrogens (tertiary/aromatic N) is 2. The van der Waals surface area contributed by atoms with Crippen molar-refractivity contribution in [3.63, 3.8) is 0 Å². The molecule has 10 heteroatoms. The van der Waals surface area contributed by atoms with Crippen molar-refractivity contribution in [2.75, 3.05) is 7.05 Å². The van der Waals surface area contributed by atoms with E-state index in [-0.39, 0.29) is 40.3 Å². The minimum atomic E-state index is -3.42. The third-order valence-corrected chi connectivity index (χ3v) is 6.05. The maximum Gasteiger partial charge on any atom is 0.240 e. The second kappa shape index (κ2) is 10.1. The van der Waals surface area contributed by atoms with E-state index < -0.39 is 10.0 Å². The quantitative estimate of drug-likeness (QED) is 0.280. The van der Waals surface area contributed by atoms with E-state index in [0.29, 0.717) is 24.9 Å². The summed E-state index contributed by atoms with van der Waals surface area (Å²) in [5, 5.41) is 6.36. The zero-order chi connectivity index (χ0) is 21.1. The first-order chi connectivity index (χ1) is 13.7. The highest BCUT2D eigenvalue weighted by Crippen LogP contribution is 2.23. The Kier molecular flexibility index (Phi) is 8.28. The molecule has 0 saturated heterocycles. The van der Waals surface area contributed by atoms with Crippen LogP contribution in [0.2, 0.25) is 0 Å². The van der Waals surface area contributed by atoms with Gasteiger partial charge in [-0.1, -0.05) is 32.9 Å². The van der Waals surface area contributed by atoms with Crippen LogP contribution < -0.4 is 15.4 Å². The highest BCUT2D eigenvalue weighted by atomic mass is 127. The molecule has 1 heterocycles.